The van der Waals surface area contributed by atoms with E-state index in [1.807, 2.05) is 13.8 Å². The number of pyridine rings is 1. The Hall–Kier alpha value is -1.64. The van der Waals surface area contributed by atoms with Gasteiger partial charge in [-0.05, 0) is 25.5 Å². The topological polar surface area (TPSA) is 78.2 Å². The van der Waals surface area contributed by atoms with Crippen molar-refractivity contribution in [2.45, 2.75) is 32.0 Å². The largest absolute Gasteiger partial charge is 0.385 e. The van der Waals surface area contributed by atoms with E-state index >= 15 is 0 Å². The number of aliphatic hydroxyl groups is 1. The molecule has 0 aromatic carbocycles. The average molecular weight is 247 g/mol. The van der Waals surface area contributed by atoms with E-state index < -0.39 is 5.60 Å². The number of nitrogens with one attached hydrogen (secondary N) is 1. The molecule has 2 atom stereocenters. The highest BCUT2D eigenvalue weighted by atomic mass is 16.5. The van der Waals surface area contributed by atoms with Crippen LogP contribution in [0.5, 0.6) is 0 Å². The zero-order chi connectivity index (χ0) is 13.2. The van der Waals surface area contributed by atoms with Crippen molar-refractivity contribution in [2.24, 2.45) is 0 Å². The van der Waals surface area contributed by atoms with E-state index in [0.717, 1.165) is 5.56 Å². The fourth-order valence-corrected chi connectivity index (χ4v) is 2.07. The molecule has 2 heterocycles. The molecule has 0 spiro atoms. The lowest BCUT2D eigenvalue weighted by Gasteiger charge is -2.26. The van der Waals surface area contributed by atoms with Crippen LogP contribution in [0.2, 0.25) is 0 Å². The van der Waals surface area contributed by atoms with Crippen LogP contribution in [0.15, 0.2) is 12.3 Å². The maximum atomic E-state index is 10.4. The third-order valence-electron chi connectivity index (χ3n) is 3.49. The molecule has 0 amide bonds. The zero-order valence-corrected chi connectivity index (χ0v) is 10.6. The lowest BCUT2D eigenvalue weighted by Crippen LogP contribution is -2.43. The molecule has 1 aromatic rings. The molecule has 2 N–H and O–H groups in total. The molecule has 5 nitrogen and oxygen atoms in total. The fraction of sp³-hybridized carbons (Fsp3) is 0.538. The van der Waals surface area contributed by atoms with Crippen molar-refractivity contribution >= 4 is 5.82 Å². The Bertz CT molecular complexity index is 484. The molecular formula is C13H17N3O2. The molecule has 0 radical (unpaired) electrons. The maximum absolute atomic E-state index is 10.4. The molecule has 0 saturated carbocycles. The van der Waals surface area contributed by atoms with E-state index in [1.165, 1.54) is 0 Å². The van der Waals surface area contributed by atoms with Gasteiger partial charge in [0.25, 0.3) is 0 Å². The second kappa shape index (κ2) is 4.92. The van der Waals surface area contributed by atoms with E-state index in [2.05, 4.69) is 16.4 Å². The summed E-state index contributed by atoms with van der Waals surface area (Å²) in [7, 11) is 0. The lowest BCUT2D eigenvalue weighted by atomic mass is 9.96. The maximum Gasteiger partial charge on any atom is 0.144 e. The van der Waals surface area contributed by atoms with Gasteiger partial charge in [0.15, 0.2) is 0 Å². The monoisotopic (exact) mass is 247 g/mol. The minimum atomic E-state index is -0.891. The van der Waals surface area contributed by atoms with Crippen LogP contribution in [0.1, 0.15) is 24.5 Å². The number of hydrogen-bond acceptors (Lipinski definition) is 5. The molecule has 1 aliphatic heterocycles. The van der Waals surface area contributed by atoms with Crippen LogP contribution >= 0.6 is 0 Å². The number of ether oxygens (including phenoxy) is 1. The first kappa shape index (κ1) is 12.8. The van der Waals surface area contributed by atoms with Crippen molar-refractivity contribution in [1.29, 1.82) is 5.26 Å². The average Bonchev–Trinajstić information content (AvgIpc) is 2.68. The Morgan fingerprint density at radius 2 is 2.50 bits per heavy atom. The summed E-state index contributed by atoms with van der Waals surface area (Å²) in [5.74, 6) is 0.519. The SMILES string of the molecule is Cc1ccnc(NCC2(O)CCOC2C)c1C#N. The molecule has 1 saturated heterocycles. The smallest absolute Gasteiger partial charge is 0.144 e. The standard InChI is InChI=1S/C13H17N3O2/c1-9-3-5-15-12(11(9)7-14)16-8-13(17)4-6-18-10(13)2/h3,5,10,17H,4,6,8H2,1-2H3,(H,15,16). The van der Waals surface area contributed by atoms with E-state index in [4.69, 9.17) is 10.00 Å². The minimum Gasteiger partial charge on any atom is -0.385 e. The number of nitriles is 1. The summed E-state index contributed by atoms with van der Waals surface area (Å²) < 4.78 is 5.36. The van der Waals surface area contributed by atoms with Gasteiger partial charge >= 0.3 is 0 Å². The number of anilines is 1. The quantitative estimate of drug-likeness (QED) is 0.839. The molecule has 96 valence electrons. The van der Waals surface area contributed by atoms with Crippen LogP contribution in [0.25, 0.3) is 0 Å². The summed E-state index contributed by atoms with van der Waals surface area (Å²) in [6.07, 6.45) is 2.03. The molecule has 2 rings (SSSR count). The van der Waals surface area contributed by atoms with Gasteiger partial charge in [-0.1, -0.05) is 0 Å². The Labute approximate surface area is 106 Å². The summed E-state index contributed by atoms with van der Waals surface area (Å²) in [5.41, 5.74) is 0.503. The van der Waals surface area contributed by atoms with E-state index in [1.54, 1.807) is 12.3 Å². The highest BCUT2D eigenvalue weighted by Crippen LogP contribution is 2.26. The van der Waals surface area contributed by atoms with Gasteiger partial charge in [-0.15, -0.1) is 0 Å². The van der Waals surface area contributed by atoms with Crippen molar-refractivity contribution in [3.05, 3.63) is 23.4 Å². The van der Waals surface area contributed by atoms with Gasteiger partial charge in [0.1, 0.15) is 17.5 Å². The van der Waals surface area contributed by atoms with Gasteiger partial charge in [0, 0.05) is 25.8 Å². The van der Waals surface area contributed by atoms with Crippen LogP contribution in [0.3, 0.4) is 0 Å². The highest BCUT2D eigenvalue weighted by molar-refractivity contribution is 5.55. The predicted octanol–water partition coefficient (Wildman–Crippen LogP) is 1.21. The van der Waals surface area contributed by atoms with Crippen molar-refractivity contribution in [3.63, 3.8) is 0 Å². The first-order valence-corrected chi connectivity index (χ1v) is 6.00. The third-order valence-corrected chi connectivity index (χ3v) is 3.49. The predicted molar refractivity (Wildman–Crippen MR) is 67.2 cm³/mol. The third kappa shape index (κ3) is 2.30. The normalized spacial score (nSPS) is 26.9. The van der Waals surface area contributed by atoms with Crippen LogP contribution in [-0.4, -0.2) is 34.9 Å². The van der Waals surface area contributed by atoms with Crippen LogP contribution in [0, 0.1) is 18.3 Å². The number of hydrogen-bond donors (Lipinski definition) is 2. The van der Waals surface area contributed by atoms with Gasteiger partial charge in [-0.2, -0.15) is 5.26 Å². The van der Waals surface area contributed by atoms with Crippen molar-refractivity contribution in [1.82, 2.24) is 4.98 Å². The van der Waals surface area contributed by atoms with E-state index in [9.17, 15) is 5.11 Å². The molecule has 0 bridgehead atoms. The van der Waals surface area contributed by atoms with Crippen molar-refractivity contribution < 1.29 is 9.84 Å². The Morgan fingerprint density at radius 1 is 1.72 bits per heavy atom. The Morgan fingerprint density at radius 3 is 3.11 bits per heavy atom. The van der Waals surface area contributed by atoms with E-state index in [-0.39, 0.29) is 6.10 Å². The minimum absolute atomic E-state index is 0.208. The summed E-state index contributed by atoms with van der Waals surface area (Å²) in [4.78, 5) is 4.14. The molecule has 2 unspecified atom stereocenters. The molecular weight excluding hydrogens is 230 g/mol. The van der Waals surface area contributed by atoms with Gasteiger partial charge in [0.2, 0.25) is 0 Å². The van der Waals surface area contributed by atoms with Gasteiger partial charge in [-0.25, -0.2) is 4.98 Å². The second-order valence-corrected chi connectivity index (χ2v) is 4.68. The summed E-state index contributed by atoms with van der Waals surface area (Å²) in [6.45, 7) is 4.61. The van der Waals surface area contributed by atoms with Gasteiger partial charge in [0.05, 0.1) is 11.7 Å². The first-order valence-electron chi connectivity index (χ1n) is 6.00. The highest BCUT2D eigenvalue weighted by Gasteiger charge is 2.39. The summed E-state index contributed by atoms with van der Waals surface area (Å²) in [6, 6.07) is 3.92. The van der Waals surface area contributed by atoms with Crippen LogP contribution < -0.4 is 5.32 Å². The van der Waals surface area contributed by atoms with Gasteiger partial charge < -0.3 is 15.2 Å². The summed E-state index contributed by atoms with van der Waals surface area (Å²) >= 11 is 0. The molecule has 1 aromatic heterocycles. The molecule has 1 aliphatic rings. The second-order valence-electron chi connectivity index (χ2n) is 4.68. The summed E-state index contributed by atoms with van der Waals surface area (Å²) in [5, 5.41) is 22.5. The Balaban J connectivity index is 2.12. The van der Waals surface area contributed by atoms with E-state index in [0.29, 0.717) is 31.0 Å². The lowest BCUT2D eigenvalue weighted by molar-refractivity contribution is -0.0176. The zero-order valence-electron chi connectivity index (χ0n) is 10.6. The molecule has 0 aliphatic carbocycles. The van der Waals surface area contributed by atoms with Crippen LogP contribution in [-0.2, 0) is 4.74 Å². The van der Waals surface area contributed by atoms with Crippen LogP contribution in [0.4, 0.5) is 5.82 Å². The number of rotatable bonds is 3. The molecule has 18 heavy (non-hydrogen) atoms. The van der Waals surface area contributed by atoms with Gasteiger partial charge in [-0.3, -0.25) is 0 Å². The van der Waals surface area contributed by atoms with Crippen molar-refractivity contribution in [3.8, 4) is 6.07 Å². The fourth-order valence-electron chi connectivity index (χ4n) is 2.07. The first-order chi connectivity index (χ1) is 8.57. The Kier molecular flexibility index (Phi) is 3.50. The number of aryl methyl sites for hydroxylation is 1. The molecule has 1 fully saturated rings. The van der Waals surface area contributed by atoms with Crippen molar-refractivity contribution in [2.75, 3.05) is 18.5 Å². The number of nitrogens with zero attached hydrogens (tertiary/aromatic N) is 2. The number of aromatic nitrogens is 1. The molecule has 5 heteroatoms.